The average molecular weight is 197 g/mol. The number of ether oxygens (including phenoxy) is 3. The Labute approximate surface area is 76.7 Å². The number of carbonyl (C=O) groups excluding carboxylic acids is 1. The normalized spacial score (nSPS) is 10.2. The highest BCUT2D eigenvalue weighted by Crippen LogP contribution is 1.83. The fraction of sp³-hybridized carbons (Fsp3) is 0.857. The Bertz CT molecular complexity index is 118. The molecule has 0 bridgehead atoms. The van der Waals surface area contributed by atoms with Gasteiger partial charge in [-0.25, -0.2) is 0 Å². The van der Waals surface area contributed by atoms with E-state index in [2.05, 4.69) is 0 Å². The first-order valence-electron chi connectivity index (χ1n) is 3.60. The zero-order valence-corrected chi connectivity index (χ0v) is 7.80. The molecule has 0 aromatic rings. The maximum atomic E-state index is 10.2. The highest BCUT2D eigenvalue weighted by Gasteiger charge is 1.94. The van der Waals surface area contributed by atoms with Gasteiger partial charge in [0, 0.05) is 7.11 Å². The molecule has 72 valence electrons. The van der Waals surface area contributed by atoms with Gasteiger partial charge in [0.2, 0.25) is 5.24 Å². The van der Waals surface area contributed by atoms with Gasteiger partial charge in [-0.15, -0.1) is 0 Å². The maximum absolute atomic E-state index is 10.2. The van der Waals surface area contributed by atoms with Crippen LogP contribution in [0.15, 0.2) is 0 Å². The summed E-state index contributed by atoms with van der Waals surface area (Å²) in [6, 6.07) is 0. The van der Waals surface area contributed by atoms with E-state index in [9.17, 15) is 4.79 Å². The molecule has 0 amide bonds. The fourth-order valence-corrected chi connectivity index (χ4v) is 0.592. The molecule has 0 aliphatic heterocycles. The molecule has 0 aliphatic carbocycles. The Kier molecular flexibility index (Phi) is 8.81. The van der Waals surface area contributed by atoms with Crippen LogP contribution in [0.2, 0.25) is 0 Å². The third-order valence-corrected chi connectivity index (χ3v) is 1.13. The van der Waals surface area contributed by atoms with Gasteiger partial charge in [-0.05, 0) is 11.6 Å². The predicted molar refractivity (Wildman–Crippen MR) is 44.4 cm³/mol. The zero-order valence-electron chi connectivity index (χ0n) is 7.05. The van der Waals surface area contributed by atoms with Crippen LogP contribution >= 0.6 is 11.6 Å². The van der Waals surface area contributed by atoms with Gasteiger partial charge in [0.25, 0.3) is 0 Å². The van der Waals surface area contributed by atoms with Crippen molar-refractivity contribution in [3.63, 3.8) is 0 Å². The quantitative estimate of drug-likeness (QED) is 0.417. The standard InChI is InChI=1S/C7H13ClO4/c1-10-2-3-11-4-5-12-6-7(8)9/h2-6H2,1H3. The van der Waals surface area contributed by atoms with Crippen LogP contribution in [0.5, 0.6) is 0 Å². The lowest BCUT2D eigenvalue weighted by molar-refractivity contribution is -0.116. The van der Waals surface area contributed by atoms with Gasteiger partial charge >= 0.3 is 0 Å². The van der Waals surface area contributed by atoms with Gasteiger partial charge in [-0.3, -0.25) is 4.79 Å². The monoisotopic (exact) mass is 196 g/mol. The molecule has 0 aromatic carbocycles. The summed E-state index contributed by atoms with van der Waals surface area (Å²) in [7, 11) is 1.60. The summed E-state index contributed by atoms with van der Waals surface area (Å²) in [4.78, 5) is 10.2. The van der Waals surface area contributed by atoms with E-state index in [4.69, 9.17) is 25.8 Å². The predicted octanol–water partition coefficient (Wildman–Crippen LogP) is 0.431. The second-order valence-corrected chi connectivity index (χ2v) is 2.43. The largest absolute Gasteiger partial charge is 0.382 e. The highest BCUT2D eigenvalue weighted by molar-refractivity contribution is 6.63. The van der Waals surface area contributed by atoms with Crippen LogP contribution in [0.3, 0.4) is 0 Å². The highest BCUT2D eigenvalue weighted by atomic mass is 35.5. The van der Waals surface area contributed by atoms with Crippen LogP contribution in [-0.2, 0) is 19.0 Å². The molecule has 5 heteroatoms. The number of halogens is 1. The molecule has 0 unspecified atom stereocenters. The Balaban J connectivity index is 2.86. The molecule has 0 N–H and O–H groups in total. The first-order chi connectivity index (χ1) is 5.77. The van der Waals surface area contributed by atoms with Crippen molar-refractivity contribution in [2.75, 3.05) is 40.1 Å². The minimum Gasteiger partial charge on any atom is -0.382 e. The molecule has 0 fully saturated rings. The van der Waals surface area contributed by atoms with Gasteiger partial charge < -0.3 is 14.2 Å². The lowest BCUT2D eigenvalue weighted by atomic mass is 10.7. The van der Waals surface area contributed by atoms with E-state index in [-0.39, 0.29) is 6.61 Å². The molecule has 0 aromatic heterocycles. The van der Waals surface area contributed by atoms with Crippen molar-refractivity contribution in [1.29, 1.82) is 0 Å². The molecule has 0 rings (SSSR count). The van der Waals surface area contributed by atoms with Gasteiger partial charge in [0.1, 0.15) is 6.61 Å². The second kappa shape index (κ2) is 8.93. The molecule has 0 radical (unpaired) electrons. The molecule has 0 saturated carbocycles. The number of rotatable bonds is 8. The molecular weight excluding hydrogens is 184 g/mol. The SMILES string of the molecule is COCCOCCOCC(=O)Cl. The molecule has 4 nitrogen and oxygen atoms in total. The van der Waals surface area contributed by atoms with Crippen LogP contribution in [0, 0.1) is 0 Å². The van der Waals surface area contributed by atoms with E-state index in [0.717, 1.165) is 0 Å². The van der Waals surface area contributed by atoms with E-state index in [1.54, 1.807) is 7.11 Å². The van der Waals surface area contributed by atoms with E-state index in [1.165, 1.54) is 0 Å². The summed E-state index contributed by atoms with van der Waals surface area (Å²) >= 11 is 5.02. The minimum atomic E-state index is -0.494. The van der Waals surface area contributed by atoms with Crippen molar-refractivity contribution < 1.29 is 19.0 Å². The summed E-state index contributed by atoms with van der Waals surface area (Å²) in [5.74, 6) is 0. The molecule has 12 heavy (non-hydrogen) atoms. The Hall–Kier alpha value is -0.160. The molecular formula is C7H13ClO4. The van der Waals surface area contributed by atoms with Crippen molar-refractivity contribution >= 4 is 16.8 Å². The number of hydrogen-bond acceptors (Lipinski definition) is 4. The third kappa shape index (κ3) is 9.84. The summed E-state index contributed by atoms with van der Waals surface area (Å²) < 4.78 is 14.6. The number of hydrogen-bond donors (Lipinski definition) is 0. The topological polar surface area (TPSA) is 44.8 Å². The van der Waals surface area contributed by atoms with Gasteiger partial charge in [0.15, 0.2) is 0 Å². The van der Waals surface area contributed by atoms with Crippen LogP contribution in [0.1, 0.15) is 0 Å². The molecule has 0 saturated heterocycles. The average Bonchev–Trinajstić information content (AvgIpc) is 2.02. The van der Waals surface area contributed by atoms with Crippen LogP contribution in [-0.4, -0.2) is 45.4 Å². The number of carbonyl (C=O) groups is 1. The summed E-state index contributed by atoms with van der Waals surface area (Å²) in [5, 5.41) is -0.494. The zero-order chi connectivity index (χ0) is 9.23. The van der Waals surface area contributed by atoms with Crippen molar-refractivity contribution in [2.24, 2.45) is 0 Å². The third-order valence-electron chi connectivity index (χ3n) is 1.02. The van der Waals surface area contributed by atoms with E-state index in [0.29, 0.717) is 26.4 Å². The Morgan fingerprint density at radius 2 is 1.75 bits per heavy atom. The van der Waals surface area contributed by atoms with Crippen LogP contribution in [0.25, 0.3) is 0 Å². The Morgan fingerprint density at radius 3 is 2.33 bits per heavy atom. The van der Waals surface area contributed by atoms with Crippen molar-refractivity contribution in [1.82, 2.24) is 0 Å². The minimum absolute atomic E-state index is 0.0603. The lowest BCUT2D eigenvalue weighted by Crippen LogP contribution is -2.10. The van der Waals surface area contributed by atoms with Crippen molar-refractivity contribution in [2.45, 2.75) is 0 Å². The smallest absolute Gasteiger partial charge is 0.247 e. The summed E-state index contributed by atoms with van der Waals surface area (Å²) in [5.41, 5.74) is 0. The Morgan fingerprint density at radius 1 is 1.17 bits per heavy atom. The first-order valence-corrected chi connectivity index (χ1v) is 3.98. The molecule has 0 spiro atoms. The molecule has 0 atom stereocenters. The van der Waals surface area contributed by atoms with E-state index < -0.39 is 5.24 Å². The van der Waals surface area contributed by atoms with E-state index in [1.807, 2.05) is 0 Å². The van der Waals surface area contributed by atoms with Crippen molar-refractivity contribution in [3.05, 3.63) is 0 Å². The summed E-state index contributed by atoms with van der Waals surface area (Å²) in [6.07, 6.45) is 0. The second-order valence-electron chi connectivity index (χ2n) is 2.01. The fourth-order valence-electron chi connectivity index (χ4n) is 0.515. The van der Waals surface area contributed by atoms with Crippen LogP contribution < -0.4 is 0 Å². The maximum Gasteiger partial charge on any atom is 0.247 e. The molecule has 0 heterocycles. The van der Waals surface area contributed by atoms with Crippen LogP contribution in [0.4, 0.5) is 0 Å². The van der Waals surface area contributed by atoms with Gasteiger partial charge in [0.05, 0.1) is 26.4 Å². The van der Waals surface area contributed by atoms with Gasteiger partial charge in [-0.2, -0.15) is 0 Å². The van der Waals surface area contributed by atoms with Crippen molar-refractivity contribution in [3.8, 4) is 0 Å². The number of methoxy groups -OCH3 is 1. The lowest BCUT2D eigenvalue weighted by Gasteiger charge is -2.02. The molecule has 0 aliphatic rings. The summed E-state index contributed by atoms with van der Waals surface area (Å²) in [6.45, 7) is 1.87. The van der Waals surface area contributed by atoms with E-state index >= 15 is 0 Å². The van der Waals surface area contributed by atoms with Gasteiger partial charge in [-0.1, -0.05) is 0 Å². The first kappa shape index (κ1) is 11.8.